The number of carbonyl (C=O) groups is 4. The molecule has 0 spiro atoms. The van der Waals surface area contributed by atoms with Crippen LogP contribution in [-0.2, 0) is 9.53 Å². The van der Waals surface area contributed by atoms with Gasteiger partial charge in [-0.15, -0.1) is 12.4 Å². The molecular formula is C20H23ClN6O6. The molecule has 0 fully saturated rings. The van der Waals surface area contributed by atoms with Gasteiger partial charge in [0, 0.05) is 5.56 Å². The highest BCUT2D eigenvalue weighted by Crippen LogP contribution is 2.18. The van der Waals surface area contributed by atoms with Crippen LogP contribution in [0, 0.1) is 0 Å². The Morgan fingerprint density at radius 1 is 1.03 bits per heavy atom. The Bertz CT molecular complexity index is 1040. The molecule has 1 unspecified atom stereocenters. The summed E-state index contributed by atoms with van der Waals surface area (Å²) in [5.74, 6) is -2.54. The van der Waals surface area contributed by atoms with Gasteiger partial charge in [-0.2, -0.15) is 0 Å². The maximum absolute atomic E-state index is 12.2. The summed E-state index contributed by atoms with van der Waals surface area (Å²) in [6.45, 7) is 0. The van der Waals surface area contributed by atoms with E-state index in [0.29, 0.717) is 11.3 Å². The third-order valence-corrected chi connectivity index (χ3v) is 4.07. The predicted molar refractivity (Wildman–Crippen MR) is 121 cm³/mol. The van der Waals surface area contributed by atoms with Crippen LogP contribution in [0.4, 0.5) is 10.5 Å². The van der Waals surface area contributed by atoms with Gasteiger partial charge in [-0.05, 0) is 35.9 Å². The number of urea groups is 1. The fourth-order valence-corrected chi connectivity index (χ4v) is 2.64. The van der Waals surface area contributed by atoms with Gasteiger partial charge in [0.05, 0.1) is 30.8 Å². The minimum atomic E-state index is -1.16. The molecule has 33 heavy (non-hydrogen) atoms. The van der Waals surface area contributed by atoms with Crippen molar-refractivity contribution >= 4 is 47.9 Å². The highest BCUT2D eigenvalue weighted by molar-refractivity contribution is 5.96. The Balaban J connectivity index is 0.00000544. The van der Waals surface area contributed by atoms with Crippen LogP contribution in [0.25, 0.3) is 0 Å². The number of rotatable bonds is 7. The van der Waals surface area contributed by atoms with E-state index < -0.39 is 36.3 Å². The van der Waals surface area contributed by atoms with Crippen LogP contribution in [0.3, 0.4) is 0 Å². The molecule has 12 nitrogen and oxygen atoms in total. The maximum Gasteiger partial charge on any atom is 0.337 e. The molecule has 0 aliphatic rings. The molecule has 0 heterocycles. The topological polar surface area (TPSA) is 198 Å². The van der Waals surface area contributed by atoms with E-state index in [2.05, 4.69) is 25.9 Å². The van der Waals surface area contributed by atoms with Crippen LogP contribution < -0.4 is 27.6 Å². The third-order valence-electron chi connectivity index (χ3n) is 4.07. The van der Waals surface area contributed by atoms with Gasteiger partial charge in [-0.25, -0.2) is 20.0 Å². The molecule has 2 aromatic rings. The first-order valence-corrected chi connectivity index (χ1v) is 9.16. The summed E-state index contributed by atoms with van der Waals surface area (Å²) in [7, 11) is 1.24. The van der Waals surface area contributed by atoms with E-state index >= 15 is 0 Å². The Kier molecular flexibility index (Phi) is 10.1. The second-order valence-electron chi connectivity index (χ2n) is 6.40. The summed E-state index contributed by atoms with van der Waals surface area (Å²) >= 11 is 0. The molecule has 0 aromatic heterocycles. The summed E-state index contributed by atoms with van der Waals surface area (Å²) in [6, 6.07) is 10.1. The molecule has 2 aromatic carbocycles. The zero-order valence-corrected chi connectivity index (χ0v) is 18.2. The van der Waals surface area contributed by atoms with Crippen molar-refractivity contribution in [3.8, 4) is 0 Å². The first kappa shape index (κ1) is 26.7. The van der Waals surface area contributed by atoms with Crippen molar-refractivity contribution < 1.29 is 29.0 Å². The number of hydrazine groups is 1. The predicted octanol–water partition coefficient (Wildman–Crippen LogP) is 0.960. The molecule has 3 amide bonds. The van der Waals surface area contributed by atoms with Crippen molar-refractivity contribution in [2.45, 2.75) is 12.5 Å². The van der Waals surface area contributed by atoms with Gasteiger partial charge in [0.15, 0.2) is 5.96 Å². The zero-order chi connectivity index (χ0) is 23.7. The molecular weight excluding hydrogens is 456 g/mol. The summed E-state index contributed by atoms with van der Waals surface area (Å²) in [5.41, 5.74) is 16.2. The first-order valence-electron chi connectivity index (χ1n) is 9.16. The largest absolute Gasteiger partial charge is 0.481 e. The zero-order valence-electron chi connectivity index (χ0n) is 17.4. The average molecular weight is 479 g/mol. The highest BCUT2D eigenvalue weighted by atomic mass is 35.5. The lowest BCUT2D eigenvalue weighted by atomic mass is 10.0. The van der Waals surface area contributed by atoms with E-state index in [1.54, 1.807) is 12.1 Å². The van der Waals surface area contributed by atoms with Gasteiger partial charge in [-0.3, -0.25) is 15.0 Å². The van der Waals surface area contributed by atoms with Crippen molar-refractivity contribution in [1.82, 2.24) is 16.2 Å². The number of carbonyl (C=O) groups excluding carboxylic acids is 3. The van der Waals surface area contributed by atoms with Crippen molar-refractivity contribution in [2.24, 2.45) is 16.5 Å². The summed E-state index contributed by atoms with van der Waals surface area (Å²) in [4.78, 5) is 51.0. The molecule has 0 bridgehead atoms. The van der Waals surface area contributed by atoms with E-state index in [1.165, 1.54) is 43.5 Å². The maximum atomic E-state index is 12.2. The highest BCUT2D eigenvalue weighted by Gasteiger charge is 2.19. The number of nitrogens with one attached hydrogen (secondary N) is 3. The Morgan fingerprint density at radius 2 is 1.70 bits per heavy atom. The van der Waals surface area contributed by atoms with Gasteiger partial charge < -0.3 is 26.6 Å². The van der Waals surface area contributed by atoms with E-state index in [1.807, 2.05) is 0 Å². The van der Waals surface area contributed by atoms with Crippen molar-refractivity contribution in [1.29, 1.82) is 0 Å². The molecule has 0 saturated heterocycles. The lowest BCUT2D eigenvalue weighted by Crippen LogP contribution is -2.48. The van der Waals surface area contributed by atoms with Gasteiger partial charge in [0.2, 0.25) is 0 Å². The fraction of sp³-hybridized carbons (Fsp3) is 0.150. The normalized spacial score (nSPS) is 10.6. The number of ether oxygens (including phenoxy) is 1. The number of carboxylic acid groups (broad SMARTS) is 1. The SMILES string of the molecule is COC(=O)c1ccc(C(CC(=O)O)NC(=O)NNC(=O)c2cccc(N=C(N)N)c2)cc1.Cl. The van der Waals surface area contributed by atoms with E-state index in [0.717, 1.165) is 0 Å². The van der Waals surface area contributed by atoms with Gasteiger partial charge in [0.25, 0.3) is 5.91 Å². The van der Waals surface area contributed by atoms with Gasteiger partial charge >= 0.3 is 18.0 Å². The molecule has 8 N–H and O–H groups in total. The average Bonchev–Trinajstić information content (AvgIpc) is 2.76. The summed E-state index contributed by atoms with van der Waals surface area (Å²) < 4.78 is 4.61. The minimum absolute atomic E-state index is 0. The fourth-order valence-electron chi connectivity index (χ4n) is 2.64. The minimum Gasteiger partial charge on any atom is -0.481 e. The van der Waals surface area contributed by atoms with E-state index in [4.69, 9.17) is 16.6 Å². The smallest absolute Gasteiger partial charge is 0.337 e. The van der Waals surface area contributed by atoms with Crippen LogP contribution in [0.2, 0.25) is 0 Å². The monoisotopic (exact) mass is 478 g/mol. The molecule has 0 aliphatic heterocycles. The second kappa shape index (κ2) is 12.5. The van der Waals surface area contributed by atoms with Crippen LogP contribution in [0.5, 0.6) is 0 Å². The number of amides is 3. The van der Waals surface area contributed by atoms with E-state index in [-0.39, 0.29) is 29.5 Å². The van der Waals surface area contributed by atoms with Crippen LogP contribution in [0.15, 0.2) is 53.5 Å². The van der Waals surface area contributed by atoms with Crippen LogP contribution in [0.1, 0.15) is 38.7 Å². The number of aliphatic imine (C=N–C) groups is 1. The van der Waals surface area contributed by atoms with E-state index in [9.17, 15) is 19.2 Å². The Morgan fingerprint density at radius 3 is 2.27 bits per heavy atom. The molecule has 2 rings (SSSR count). The summed E-state index contributed by atoms with van der Waals surface area (Å²) in [6.07, 6.45) is -0.431. The lowest BCUT2D eigenvalue weighted by Gasteiger charge is -2.18. The number of methoxy groups -OCH3 is 1. The third kappa shape index (κ3) is 8.38. The number of halogens is 1. The summed E-state index contributed by atoms with van der Waals surface area (Å²) in [5, 5.41) is 11.6. The van der Waals surface area contributed by atoms with Crippen molar-refractivity contribution in [3.05, 3.63) is 65.2 Å². The number of aliphatic carboxylic acids is 1. The molecule has 0 saturated carbocycles. The number of benzene rings is 2. The lowest BCUT2D eigenvalue weighted by molar-refractivity contribution is -0.137. The number of guanidine groups is 1. The molecule has 176 valence electrons. The van der Waals surface area contributed by atoms with Crippen LogP contribution in [-0.4, -0.2) is 42.1 Å². The molecule has 13 heteroatoms. The Hall–Kier alpha value is -4.32. The second-order valence-corrected chi connectivity index (χ2v) is 6.40. The molecule has 0 radical (unpaired) electrons. The number of hydrogen-bond donors (Lipinski definition) is 6. The van der Waals surface area contributed by atoms with Crippen LogP contribution >= 0.6 is 12.4 Å². The standard InChI is InChI=1S/C20H22N6O6.ClH/c1-32-18(30)12-7-5-11(6-8-12)15(10-16(27)28)24-20(31)26-25-17(29)13-3-2-4-14(9-13)23-19(21)22;/h2-9,15H,10H2,1H3,(H,25,29)(H,27,28)(H4,21,22,23)(H2,24,26,31);1H. The van der Waals surface area contributed by atoms with Gasteiger partial charge in [-0.1, -0.05) is 18.2 Å². The Labute approximate surface area is 194 Å². The van der Waals surface area contributed by atoms with Gasteiger partial charge in [0.1, 0.15) is 0 Å². The van der Waals surface area contributed by atoms with Crippen molar-refractivity contribution in [3.63, 3.8) is 0 Å². The molecule has 1 atom stereocenters. The number of hydrogen-bond acceptors (Lipinski definition) is 6. The van der Waals surface area contributed by atoms with Crippen molar-refractivity contribution in [2.75, 3.05) is 7.11 Å². The number of nitrogens with zero attached hydrogens (tertiary/aromatic N) is 1. The quantitative estimate of drug-likeness (QED) is 0.146. The number of esters is 1. The molecule has 0 aliphatic carbocycles. The number of nitrogens with two attached hydrogens (primary N) is 2. The number of carboxylic acids is 1. The first-order chi connectivity index (χ1) is 15.2.